The van der Waals surface area contributed by atoms with Crippen LogP contribution in [-0.4, -0.2) is 24.5 Å². The third-order valence-corrected chi connectivity index (χ3v) is 3.67. The quantitative estimate of drug-likeness (QED) is 0.823. The maximum absolute atomic E-state index is 12.0. The highest BCUT2D eigenvalue weighted by atomic mass is 79.9. The normalized spacial score (nSPS) is 10.2. The Balaban J connectivity index is 1.84. The average molecular weight is 348 g/mol. The van der Waals surface area contributed by atoms with Crippen LogP contribution >= 0.6 is 15.9 Å². The maximum atomic E-state index is 12.0. The molecule has 2 aromatic carbocycles. The summed E-state index contributed by atoms with van der Waals surface area (Å²) < 4.78 is 6.47. The van der Waals surface area contributed by atoms with Crippen LogP contribution in [0.4, 0.5) is 0 Å². The van der Waals surface area contributed by atoms with Crippen molar-refractivity contribution in [2.45, 2.75) is 13.5 Å². The van der Waals surface area contributed by atoms with Crippen molar-refractivity contribution in [1.29, 1.82) is 0 Å². The molecule has 0 spiro atoms. The molecule has 0 aromatic heterocycles. The van der Waals surface area contributed by atoms with Gasteiger partial charge in [0.2, 0.25) is 0 Å². The van der Waals surface area contributed by atoms with E-state index in [0.29, 0.717) is 12.3 Å². The fourth-order valence-corrected chi connectivity index (χ4v) is 2.11. The summed E-state index contributed by atoms with van der Waals surface area (Å²) in [5, 5.41) is 0. The van der Waals surface area contributed by atoms with Crippen molar-refractivity contribution >= 4 is 21.8 Å². The van der Waals surface area contributed by atoms with Crippen LogP contribution in [0, 0.1) is 6.92 Å². The predicted octanol–water partition coefficient (Wildman–Crippen LogP) is 3.79. The number of hydrogen-bond donors (Lipinski definition) is 0. The summed E-state index contributed by atoms with van der Waals surface area (Å²) in [5.74, 6) is 0.647. The molecule has 4 heteroatoms. The number of aryl methyl sites for hydroxylation is 1. The topological polar surface area (TPSA) is 29.5 Å². The first-order valence-corrected chi connectivity index (χ1v) is 7.52. The van der Waals surface area contributed by atoms with E-state index >= 15 is 0 Å². The van der Waals surface area contributed by atoms with Crippen molar-refractivity contribution in [3.8, 4) is 5.75 Å². The van der Waals surface area contributed by atoms with Gasteiger partial charge in [-0.3, -0.25) is 4.79 Å². The Morgan fingerprint density at radius 2 is 1.71 bits per heavy atom. The van der Waals surface area contributed by atoms with Crippen molar-refractivity contribution in [2.24, 2.45) is 0 Å². The lowest BCUT2D eigenvalue weighted by atomic mass is 10.1. The van der Waals surface area contributed by atoms with Gasteiger partial charge in [0, 0.05) is 18.1 Å². The summed E-state index contributed by atoms with van der Waals surface area (Å²) in [7, 11) is 1.78. The molecule has 0 heterocycles. The second kappa shape index (κ2) is 7.27. The van der Waals surface area contributed by atoms with E-state index in [-0.39, 0.29) is 12.5 Å². The van der Waals surface area contributed by atoms with Gasteiger partial charge in [-0.25, -0.2) is 0 Å². The van der Waals surface area contributed by atoms with Crippen LogP contribution in [0.2, 0.25) is 0 Å². The van der Waals surface area contributed by atoms with Crippen LogP contribution < -0.4 is 4.74 Å². The van der Waals surface area contributed by atoms with E-state index in [1.807, 2.05) is 55.5 Å². The van der Waals surface area contributed by atoms with Gasteiger partial charge in [0.15, 0.2) is 6.61 Å². The zero-order valence-electron chi connectivity index (χ0n) is 12.2. The molecule has 0 aliphatic heterocycles. The number of benzene rings is 2. The molecule has 0 radical (unpaired) electrons. The Hall–Kier alpha value is -1.81. The molecular weight excluding hydrogens is 330 g/mol. The number of rotatable bonds is 5. The monoisotopic (exact) mass is 347 g/mol. The van der Waals surface area contributed by atoms with E-state index in [1.165, 1.54) is 5.56 Å². The van der Waals surface area contributed by atoms with E-state index in [0.717, 1.165) is 10.0 Å². The molecule has 0 aliphatic rings. The lowest BCUT2D eigenvalue weighted by Crippen LogP contribution is -2.30. The standard InChI is InChI=1S/C17H18BrNO2/c1-13-3-5-14(6-4-13)11-19(2)17(20)12-21-16-9-7-15(18)8-10-16/h3-10H,11-12H2,1-2H3. The molecule has 0 unspecified atom stereocenters. The molecule has 0 N–H and O–H groups in total. The van der Waals surface area contributed by atoms with Gasteiger partial charge in [0.25, 0.3) is 5.91 Å². The van der Waals surface area contributed by atoms with Gasteiger partial charge in [-0.1, -0.05) is 45.8 Å². The number of ether oxygens (including phenoxy) is 1. The van der Waals surface area contributed by atoms with Gasteiger partial charge in [-0.2, -0.15) is 0 Å². The number of carbonyl (C=O) groups is 1. The summed E-state index contributed by atoms with van der Waals surface area (Å²) in [4.78, 5) is 13.7. The van der Waals surface area contributed by atoms with Crippen LogP contribution in [0.5, 0.6) is 5.75 Å². The smallest absolute Gasteiger partial charge is 0.260 e. The van der Waals surface area contributed by atoms with Crippen LogP contribution in [0.25, 0.3) is 0 Å². The third-order valence-electron chi connectivity index (χ3n) is 3.14. The Bertz CT molecular complexity index is 593. The Morgan fingerprint density at radius 1 is 1.10 bits per heavy atom. The van der Waals surface area contributed by atoms with Crippen molar-refractivity contribution < 1.29 is 9.53 Å². The Morgan fingerprint density at radius 3 is 2.33 bits per heavy atom. The molecule has 3 nitrogen and oxygen atoms in total. The first-order chi connectivity index (χ1) is 10.0. The second-order valence-corrected chi connectivity index (χ2v) is 5.89. The molecular formula is C17H18BrNO2. The van der Waals surface area contributed by atoms with E-state index in [2.05, 4.69) is 15.9 Å². The van der Waals surface area contributed by atoms with Crippen molar-refractivity contribution in [1.82, 2.24) is 4.90 Å². The van der Waals surface area contributed by atoms with Crippen molar-refractivity contribution in [3.05, 3.63) is 64.1 Å². The molecule has 21 heavy (non-hydrogen) atoms. The van der Waals surface area contributed by atoms with Gasteiger partial charge in [0.1, 0.15) is 5.75 Å². The van der Waals surface area contributed by atoms with Crippen LogP contribution in [0.15, 0.2) is 53.0 Å². The third kappa shape index (κ3) is 4.90. The number of halogens is 1. The fraction of sp³-hybridized carbons (Fsp3) is 0.235. The van der Waals surface area contributed by atoms with Crippen LogP contribution in [0.1, 0.15) is 11.1 Å². The number of amides is 1. The molecule has 0 aliphatic carbocycles. The minimum Gasteiger partial charge on any atom is -0.484 e. The van der Waals surface area contributed by atoms with Gasteiger partial charge in [-0.05, 0) is 36.8 Å². The zero-order valence-corrected chi connectivity index (χ0v) is 13.8. The summed E-state index contributed by atoms with van der Waals surface area (Å²) in [5.41, 5.74) is 2.33. The van der Waals surface area contributed by atoms with Crippen LogP contribution in [-0.2, 0) is 11.3 Å². The molecule has 0 bridgehead atoms. The van der Waals surface area contributed by atoms with Gasteiger partial charge in [0.05, 0.1) is 0 Å². The largest absolute Gasteiger partial charge is 0.484 e. The summed E-state index contributed by atoms with van der Waals surface area (Å²) in [6.07, 6.45) is 0. The molecule has 110 valence electrons. The average Bonchev–Trinajstić information content (AvgIpc) is 2.48. The van der Waals surface area contributed by atoms with E-state index in [9.17, 15) is 4.79 Å². The summed E-state index contributed by atoms with van der Waals surface area (Å²) in [6, 6.07) is 15.6. The number of hydrogen-bond acceptors (Lipinski definition) is 2. The molecule has 2 rings (SSSR count). The first-order valence-electron chi connectivity index (χ1n) is 6.72. The van der Waals surface area contributed by atoms with Crippen molar-refractivity contribution in [3.63, 3.8) is 0 Å². The molecule has 0 fully saturated rings. The first kappa shape index (κ1) is 15.6. The maximum Gasteiger partial charge on any atom is 0.260 e. The Labute approximate surface area is 133 Å². The molecule has 1 amide bonds. The summed E-state index contributed by atoms with van der Waals surface area (Å²) >= 11 is 3.36. The van der Waals surface area contributed by atoms with Gasteiger partial charge in [-0.15, -0.1) is 0 Å². The molecule has 0 saturated heterocycles. The lowest BCUT2D eigenvalue weighted by Gasteiger charge is -2.17. The lowest BCUT2D eigenvalue weighted by molar-refractivity contribution is -0.132. The molecule has 0 saturated carbocycles. The van der Waals surface area contributed by atoms with E-state index in [4.69, 9.17) is 4.74 Å². The SMILES string of the molecule is Cc1ccc(CN(C)C(=O)COc2ccc(Br)cc2)cc1. The highest BCUT2D eigenvalue weighted by molar-refractivity contribution is 9.10. The molecule has 2 aromatic rings. The number of carbonyl (C=O) groups excluding carboxylic acids is 1. The molecule has 0 atom stereocenters. The van der Waals surface area contributed by atoms with E-state index in [1.54, 1.807) is 11.9 Å². The minimum atomic E-state index is -0.0431. The van der Waals surface area contributed by atoms with Crippen LogP contribution in [0.3, 0.4) is 0 Å². The minimum absolute atomic E-state index is 0.0431. The van der Waals surface area contributed by atoms with Gasteiger partial charge >= 0.3 is 0 Å². The Kier molecular flexibility index (Phi) is 5.39. The van der Waals surface area contributed by atoms with Gasteiger partial charge < -0.3 is 9.64 Å². The van der Waals surface area contributed by atoms with E-state index < -0.39 is 0 Å². The van der Waals surface area contributed by atoms with Crippen molar-refractivity contribution in [2.75, 3.05) is 13.7 Å². The second-order valence-electron chi connectivity index (χ2n) is 4.98. The predicted molar refractivity (Wildman–Crippen MR) is 87.3 cm³/mol. The zero-order chi connectivity index (χ0) is 15.2. The highest BCUT2D eigenvalue weighted by Crippen LogP contribution is 2.16. The fourth-order valence-electron chi connectivity index (χ4n) is 1.84. The number of likely N-dealkylation sites (N-methyl/N-ethyl adjacent to an activating group) is 1. The summed E-state index contributed by atoms with van der Waals surface area (Å²) in [6.45, 7) is 2.68. The highest BCUT2D eigenvalue weighted by Gasteiger charge is 2.10. The number of nitrogens with zero attached hydrogens (tertiary/aromatic N) is 1.